The molecule has 2 aromatic carbocycles. The van der Waals surface area contributed by atoms with Crippen LogP contribution in [0.25, 0.3) is 0 Å². The average molecular weight is 379 g/mol. The van der Waals surface area contributed by atoms with Crippen LogP contribution in [-0.4, -0.2) is 25.3 Å². The van der Waals surface area contributed by atoms with E-state index in [0.717, 1.165) is 35.7 Å². The van der Waals surface area contributed by atoms with E-state index < -0.39 is 6.10 Å². The smallest absolute Gasteiger partial charge is 0.261 e. The molecule has 0 saturated heterocycles. The van der Waals surface area contributed by atoms with E-state index in [4.69, 9.17) is 14.2 Å². The molecule has 0 spiro atoms. The lowest BCUT2D eigenvalue weighted by Gasteiger charge is -2.38. The Hall–Kier alpha value is -2.69. The zero-order chi connectivity index (χ0) is 19.0. The van der Waals surface area contributed by atoms with Crippen LogP contribution in [-0.2, 0) is 16.6 Å². The van der Waals surface area contributed by atoms with Gasteiger partial charge >= 0.3 is 0 Å². The lowest BCUT2D eigenvalue weighted by atomic mass is 9.69. The van der Waals surface area contributed by atoms with E-state index in [1.807, 2.05) is 30.3 Å². The molecule has 2 aromatic rings. The van der Waals surface area contributed by atoms with Gasteiger partial charge in [0.25, 0.3) is 5.91 Å². The summed E-state index contributed by atoms with van der Waals surface area (Å²) in [6, 6.07) is 14.1. The number of hydrogen-bond acceptors (Lipinski definition) is 4. The van der Waals surface area contributed by atoms with Crippen LogP contribution in [0.3, 0.4) is 0 Å². The molecule has 2 aliphatic heterocycles. The largest absolute Gasteiger partial charge is 0.480 e. The summed E-state index contributed by atoms with van der Waals surface area (Å²) < 4.78 is 16.9. The Morgan fingerprint density at radius 2 is 1.82 bits per heavy atom. The number of carbonyl (C=O) groups is 1. The molecule has 5 rings (SSSR count). The van der Waals surface area contributed by atoms with Gasteiger partial charge in [0, 0.05) is 18.4 Å². The van der Waals surface area contributed by atoms with Crippen molar-refractivity contribution >= 4 is 5.91 Å². The first-order valence-electron chi connectivity index (χ1n) is 10.2. The zero-order valence-electron chi connectivity index (χ0n) is 15.9. The normalized spacial score (nSPS) is 21.6. The number of hydrogen-bond donors (Lipinski definition) is 1. The van der Waals surface area contributed by atoms with Crippen molar-refractivity contribution in [3.63, 3.8) is 0 Å². The fourth-order valence-electron chi connectivity index (χ4n) is 4.72. The summed E-state index contributed by atoms with van der Waals surface area (Å²) in [7, 11) is 0. The van der Waals surface area contributed by atoms with Gasteiger partial charge < -0.3 is 19.5 Å². The van der Waals surface area contributed by atoms with E-state index in [1.165, 1.54) is 24.8 Å². The van der Waals surface area contributed by atoms with Gasteiger partial charge in [0.2, 0.25) is 6.79 Å². The van der Waals surface area contributed by atoms with E-state index in [0.29, 0.717) is 13.0 Å². The molecular weight excluding hydrogens is 354 g/mol. The van der Waals surface area contributed by atoms with Crippen LogP contribution in [0.1, 0.15) is 43.2 Å². The van der Waals surface area contributed by atoms with Gasteiger partial charge in [-0.15, -0.1) is 0 Å². The maximum Gasteiger partial charge on any atom is 0.261 e. The minimum atomic E-state index is -0.435. The molecule has 3 aliphatic rings. The third-order valence-electron chi connectivity index (χ3n) is 6.34. The van der Waals surface area contributed by atoms with Crippen LogP contribution in [0.2, 0.25) is 0 Å². The van der Waals surface area contributed by atoms with Crippen LogP contribution in [0.15, 0.2) is 42.5 Å². The van der Waals surface area contributed by atoms with Gasteiger partial charge in [-0.3, -0.25) is 4.79 Å². The summed E-state index contributed by atoms with van der Waals surface area (Å²) >= 11 is 0. The highest BCUT2D eigenvalue weighted by Crippen LogP contribution is 2.43. The number of rotatable bonds is 4. The first kappa shape index (κ1) is 17.4. The Labute approximate surface area is 165 Å². The first-order chi connectivity index (χ1) is 13.7. The van der Waals surface area contributed by atoms with Gasteiger partial charge in [0.15, 0.2) is 17.6 Å². The Morgan fingerprint density at radius 1 is 1.00 bits per heavy atom. The fraction of sp³-hybridized carbons (Fsp3) is 0.435. The zero-order valence-corrected chi connectivity index (χ0v) is 15.9. The number of carbonyl (C=O) groups excluding carboxylic acids is 1. The van der Waals surface area contributed by atoms with Crippen molar-refractivity contribution in [1.29, 1.82) is 0 Å². The van der Waals surface area contributed by atoms with E-state index in [1.54, 1.807) is 0 Å². The summed E-state index contributed by atoms with van der Waals surface area (Å²) in [5.41, 5.74) is 2.28. The SMILES string of the molecule is O=C(NCC1(c2ccc3c(c2)OCO3)CCCCC1)C1Cc2ccccc2O1. The Bertz CT molecular complexity index is 863. The maximum absolute atomic E-state index is 12.8. The Kier molecular flexibility index (Phi) is 4.38. The molecule has 1 fully saturated rings. The van der Waals surface area contributed by atoms with E-state index in [9.17, 15) is 4.79 Å². The van der Waals surface area contributed by atoms with E-state index >= 15 is 0 Å². The molecule has 1 amide bonds. The number of ether oxygens (including phenoxy) is 3. The summed E-state index contributed by atoms with van der Waals surface area (Å²) in [5.74, 6) is 2.41. The fourth-order valence-corrected chi connectivity index (χ4v) is 4.72. The number of para-hydroxylation sites is 1. The molecule has 28 heavy (non-hydrogen) atoms. The number of amides is 1. The van der Waals surface area contributed by atoms with Crippen molar-refractivity contribution in [1.82, 2.24) is 5.32 Å². The van der Waals surface area contributed by atoms with Gasteiger partial charge in [-0.05, 0) is 42.2 Å². The standard InChI is InChI=1S/C23H25NO4/c25-22(21-12-16-6-2-3-7-18(16)28-21)24-14-23(10-4-1-5-11-23)17-8-9-19-20(13-17)27-15-26-19/h2-3,6-9,13,21H,1,4-5,10-12,14-15H2,(H,24,25). The second kappa shape index (κ2) is 7.04. The van der Waals surface area contributed by atoms with Crippen molar-refractivity contribution in [3.05, 3.63) is 53.6 Å². The Balaban J connectivity index is 1.32. The molecule has 0 aromatic heterocycles. The number of benzene rings is 2. The lowest BCUT2D eigenvalue weighted by molar-refractivity contribution is -0.127. The van der Waals surface area contributed by atoms with Crippen LogP contribution in [0.5, 0.6) is 17.2 Å². The lowest BCUT2D eigenvalue weighted by Crippen LogP contribution is -2.46. The van der Waals surface area contributed by atoms with Crippen LogP contribution < -0.4 is 19.5 Å². The predicted molar refractivity (Wildman–Crippen MR) is 105 cm³/mol. The van der Waals surface area contributed by atoms with Crippen LogP contribution in [0.4, 0.5) is 0 Å². The van der Waals surface area contributed by atoms with Crippen LogP contribution in [0, 0.1) is 0 Å². The molecule has 1 N–H and O–H groups in total. The average Bonchev–Trinajstić information content (AvgIpc) is 3.39. The highest BCUT2D eigenvalue weighted by Gasteiger charge is 2.37. The Morgan fingerprint density at radius 3 is 2.68 bits per heavy atom. The van der Waals surface area contributed by atoms with Crippen molar-refractivity contribution in [2.75, 3.05) is 13.3 Å². The van der Waals surface area contributed by atoms with Gasteiger partial charge in [-0.1, -0.05) is 43.5 Å². The molecule has 0 radical (unpaired) electrons. The quantitative estimate of drug-likeness (QED) is 0.879. The monoisotopic (exact) mass is 379 g/mol. The highest BCUT2D eigenvalue weighted by molar-refractivity contribution is 5.82. The molecular formula is C23H25NO4. The number of nitrogens with one attached hydrogen (secondary N) is 1. The summed E-state index contributed by atoms with van der Waals surface area (Å²) in [4.78, 5) is 12.8. The second-order valence-corrected chi connectivity index (χ2v) is 8.05. The predicted octanol–water partition coefficient (Wildman–Crippen LogP) is 3.74. The highest BCUT2D eigenvalue weighted by atomic mass is 16.7. The van der Waals surface area contributed by atoms with Crippen molar-refractivity contribution in [3.8, 4) is 17.2 Å². The van der Waals surface area contributed by atoms with Gasteiger partial charge in [0.1, 0.15) is 5.75 Å². The molecule has 1 aliphatic carbocycles. The molecule has 1 saturated carbocycles. The van der Waals surface area contributed by atoms with Crippen LogP contribution >= 0.6 is 0 Å². The first-order valence-corrected chi connectivity index (χ1v) is 10.2. The van der Waals surface area contributed by atoms with Crippen molar-refractivity contribution in [2.45, 2.75) is 50.0 Å². The third-order valence-corrected chi connectivity index (χ3v) is 6.34. The summed E-state index contributed by atoms with van der Waals surface area (Å²) in [6.07, 6.45) is 5.94. The maximum atomic E-state index is 12.8. The third kappa shape index (κ3) is 3.09. The van der Waals surface area contributed by atoms with E-state index in [2.05, 4.69) is 17.4 Å². The molecule has 5 heteroatoms. The summed E-state index contributed by atoms with van der Waals surface area (Å²) in [5, 5.41) is 3.20. The minimum absolute atomic E-state index is 0.0260. The molecule has 1 atom stereocenters. The molecule has 0 bridgehead atoms. The topological polar surface area (TPSA) is 56.8 Å². The molecule has 146 valence electrons. The molecule has 1 unspecified atom stereocenters. The van der Waals surface area contributed by atoms with Gasteiger partial charge in [0.05, 0.1) is 0 Å². The van der Waals surface area contributed by atoms with Crippen molar-refractivity contribution < 1.29 is 19.0 Å². The number of fused-ring (bicyclic) bond motifs is 2. The molecule has 5 nitrogen and oxygen atoms in total. The molecule has 2 heterocycles. The van der Waals surface area contributed by atoms with Gasteiger partial charge in [-0.25, -0.2) is 0 Å². The van der Waals surface area contributed by atoms with Crippen molar-refractivity contribution in [2.24, 2.45) is 0 Å². The van der Waals surface area contributed by atoms with Gasteiger partial charge in [-0.2, -0.15) is 0 Å². The summed E-state index contributed by atoms with van der Waals surface area (Å²) in [6.45, 7) is 0.907. The van der Waals surface area contributed by atoms with E-state index in [-0.39, 0.29) is 18.1 Å². The minimum Gasteiger partial charge on any atom is -0.480 e. The second-order valence-electron chi connectivity index (χ2n) is 8.05.